The fourth-order valence-electron chi connectivity index (χ4n) is 3.25. The summed E-state index contributed by atoms with van der Waals surface area (Å²) in [5, 5.41) is 9.93. The molecule has 32 heavy (non-hydrogen) atoms. The summed E-state index contributed by atoms with van der Waals surface area (Å²) in [6.07, 6.45) is 4.55. The van der Waals surface area contributed by atoms with Crippen molar-refractivity contribution in [2.75, 3.05) is 30.9 Å². The Kier molecular flexibility index (Phi) is 14.7. The highest BCUT2D eigenvalue weighted by atomic mass is 32.2. The molecule has 9 heteroatoms. The van der Waals surface area contributed by atoms with Gasteiger partial charge in [-0.15, -0.1) is 0 Å². The highest BCUT2D eigenvalue weighted by Crippen LogP contribution is 2.16. The zero-order valence-corrected chi connectivity index (χ0v) is 21.2. The molecule has 182 valence electrons. The summed E-state index contributed by atoms with van der Waals surface area (Å²) < 4.78 is 0. The lowest BCUT2D eigenvalue weighted by Gasteiger charge is -2.33. The number of hydrazine groups is 1. The van der Waals surface area contributed by atoms with E-state index in [1.54, 1.807) is 16.7 Å². The molecule has 1 aromatic carbocycles. The monoisotopic (exact) mass is 484 g/mol. The summed E-state index contributed by atoms with van der Waals surface area (Å²) in [6, 6.07) is 8.10. The van der Waals surface area contributed by atoms with Crippen molar-refractivity contribution < 1.29 is 14.7 Å². The minimum atomic E-state index is -0.958. The summed E-state index contributed by atoms with van der Waals surface area (Å²) >= 11 is 5.78. The van der Waals surface area contributed by atoms with Crippen LogP contribution in [-0.2, 0) is 16.0 Å². The van der Waals surface area contributed by atoms with E-state index in [1.165, 1.54) is 0 Å². The minimum Gasteiger partial charge on any atom is -0.480 e. The average molecular weight is 485 g/mol. The highest BCUT2D eigenvalue weighted by molar-refractivity contribution is 7.98. The minimum absolute atomic E-state index is 0.159. The van der Waals surface area contributed by atoms with Crippen molar-refractivity contribution in [3.05, 3.63) is 35.9 Å². The van der Waals surface area contributed by atoms with Gasteiger partial charge in [-0.25, -0.2) is 10.2 Å². The molecule has 1 rings (SSSR count). The Bertz CT molecular complexity index is 666. The van der Waals surface area contributed by atoms with E-state index in [0.717, 1.165) is 18.4 Å². The van der Waals surface area contributed by atoms with Gasteiger partial charge in [-0.2, -0.15) is 24.4 Å². The number of nitrogens with one attached hydrogen (secondary N) is 2. The number of amides is 1. The molecule has 0 aliphatic rings. The standard InChI is InChI=1S/C23H40N4O3S2/c1-4-17(2)10-12-27(21(23(29)30)11-13-32-3)22(28)20(26-25-15-19(24)16-31)14-18-8-6-5-7-9-18/h5-9,17,19-21,25-26,31H,4,10-16,24H2,1-3H3,(H,29,30)/t17-,19+,20?,21?/m0/s1. The van der Waals surface area contributed by atoms with E-state index in [-0.39, 0.29) is 11.9 Å². The number of carboxylic acids is 1. The lowest BCUT2D eigenvalue weighted by Crippen LogP contribution is -2.58. The Morgan fingerprint density at radius 1 is 1.25 bits per heavy atom. The number of thiol groups is 1. The number of hydrogen-bond donors (Lipinski definition) is 5. The average Bonchev–Trinajstić information content (AvgIpc) is 2.80. The van der Waals surface area contributed by atoms with Gasteiger partial charge >= 0.3 is 5.97 Å². The second-order valence-corrected chi connectivity index (χ2v) is 9.53. The number of aliphatic carboxylic acids is 1. The van der Waals surface area contributed by atoms with E-state index in [2.05, 4.69) is 37.3 Å². The van der Waals surface area contributed by atoms with Crippen LogP contribution in [0.15, 0.2) is 30.3 Å². The third-order valence-electron chi connectivity index (χ3n) is 5.56. The number of rotatable bonds is 17. The van der Waals surface area contributed by atoms with Crippen LogP contribution in [0.5, 0.6) is 0 Å². The molecule has 5 N–H and O–H groups in total. The van der Waals surface area contributed by atoms with Crippen molar-refractivity contribution in [2.45, 2.75) is 57.7 Å². The summed E-state index contributed by atoms with van der Waals surface area (Å²) in [7, 11) is 0. The molecule has 0 aliphatic heterocycles. The Balaban J connectivity index is 3.12. The van der Waals surface area contributed by atoms with Crippen molar-refractivity contribution in [3.8, 4) is 0 Å². The molecule has 0 saturated heterocycles. The van der Waals surface area contributed by atoms with Gasteiger partial charge in [0.05, 0.1) is 0 Å². The predicted molar refractivity (Wildman–Crippen MR) is 137 cm³/mol. The summed E-state index contributed by atoms with van der Waals surface area (Å²) in [5.41, 5.74) is 13.1. The van der Waals surface area contributed by atoms with Gasteiger partial charge in [0.2, 0.25) is 5.91 Å². The molecular weight excluding hydrogens is 444 g/mol. The number of hydrogen-bond acceptors (Lipinski definition) is 7. The largest absolute Gasteiger partial charge is 0.480 e. The third kappa shape index (κ3) is 10.6. The topological polar surface area (TPSA) is 108 Å². The molecule has 0 heterocycles. The molecule has 0 spiro atoms. The summed E-state index contributed by atoms with van der Waals surface area (Å²) in [5.74, 6) is 0.434. The maximum atomic E-state index is 13.7. The fraction of sp³-hybridized carbons (Fsp3) is 0.652. The second kappa shape index (κ2) is 16.4. The molecule has 0 saturated carbocycles. The van der Waals surface area contributed by atoms with Crippen molar-refractivity contribution in [2.24, 2.45) is 11.7 Å². The van der Waals surface area contributed by atoms with Crippen LogP contribution in [-0.4, -0.2) is 70.9 Å². The first-order valence-corrected chi connectivity index (χ1v) is 13.3. The zero-order valence-electron chi connectivity index (χ0n) is 19.5. The normalized spacial score (nSPS) is 15.0. The van der Waals surface area contributed by atoms with Gasteiger partial charge in [-0.05, 0) is 42.8 Å². The van der Waals surface area contributed by atoms with Crippen molar-refractivity contribution >= 4 is 36.3 Å². The Morgan fingerprint density at radius 3 is 2.50 bits per heavy atom. The van der Waals surface area contributed by atoms with E-state index in [9.17, 15) is 14.7 Å². The lowest BCUT2D eigenvalue weighted by atomic mass is 10.0. The van der Waals surface area contributed by atoms with Gasteiger partial charge in [0.25, 0.3) is 0 Å². The number of thioether (sulfide) groups is 1. The number of carbonyl (C=O) groups is 2. The fourth-order valence-corrected chi connectivity index (χ4v) is 3.84. The van der Waals surface area contributed by atoms with Crippen LogP contribution in [0.4, 0.5) is 0 Å². The molecule has 2 unspecified atom stereocenters. The first-order valence-electron chi connectivity index (χ1n) is 11.2. The van der Waals surface area contributed by atoms with Crippen molar-refractivity contribution in [3.63, 3.8) is 0 Å². The van der Waals surface area contributed by atoms with E-state index in [4.69, 9.17) is 5.73 Å². The van der Waals surface area contributed by atoms with Crippen LogP contribution in [0.1, 0.15) is 38.7 Å². The van der Waals surface area contributed by atoms with Gasteiger partial charge < -0.3 is 15.7 Å². The number of carboxylic acid groups (broad SMARTS) is 1. The Labute approximate surface area is 202 Å². The molecule has 1 aromatic rings. The van der Waals surface area contributed by atoms with Crippen LogP contribution in [0.2, 0.25) is 0 Å². The molecule has 4 atom stereocenters. The summed E-state index contributed by atoms with van der Waals surface area (Å²) in [4.78, 5) is 27.4. The Hall–Kier alpha value is -1.26. The maximum absolute atomic E-state index is 13.7. The third-order valence-corrected chi connectivity index (χ3v) is 6.67. The lowest BCUT2D eigenvalue weighted by molar-refractivity contribution is -0.151. The second-order valence-electron chi connectivity index (χ2n) is 8.18. The maximum Gasteiger partial charge on any atom is 0.326 e. The van der Waals surface area contributed by atoms with Crippen LogP contribution in [0, 0.1) is 5.92 Å². The summed E-state index contributed by atoms with van der Waals surface area (Å²) in [6.45, 7) is 5.10. The van der Waals surface area contributed by atoms with Crippen LogP contribution < -0.4 is 16.6 Å². The van der Waals surface area contributed by atoms with E-state index < -0.39 is 18.1 Å². The van der Waals surface area contributed by atoms with Gasteiger partial charge in [0, 0.05) is 24.9 Å². The van der Waals surface area contributed by atoms with Crippen LogP contribution >= 0.6 is 24.4 Å². The van der Waals surface area contributed by atoms with E-state index in [0.29, 0.717) is 43.4 Å². The van der Waals surface area contributed by atoms with E-state index >= 15 is 0 Å². The van der Waals surface area contributed by atoms with Gasteiger partial charge in [0.1, 0.15) is 12.1 Å². The van der Waals surface area contributed by atoms with Gasteiger partial charge in [-0.1, -0.05) is 50.6 Å². The molecule has 0 radical (unpaired) electrons. The van der Waals surface area contributed by atoms with Crippen LogP contribution in [0.3, 0.4) is 0 Å². The molecular formula is C23H40N4O3S2. The Morgan fingerprint density at radius 2 is 1.94 bits per heavy atom. The molecule has 0 fully saturated rings. The first-order chi connectivity index (χ1) is 15.3. The predicted octanol–water partition coefficient (Wildman–Crippen LogP) is 2.42. The molecule has 0 aromatic heterocycles. The molecule has 7 nitrogen and oxygen atoms in total. The number of carbonyl (C=O) groups excluding carboxylic acids is 1. The smallest absolute Gasteiger partial charge is 0.326 e. The molecule has 1 amide bonds. The first kappa shape index (κ1) is 28.8. The van der Waals surface area contributed by atoms with Gasteiger partial charge in [-0.3, -0.25) is 10.2 Å². The van der Waals surface area contributed by atoms with Crippen molar-refractivity contribution in [1.29, 1.82) is 0 Å². The molecule has 0 bridgehead atoms. The SMILES string of the molecule is CC[C@H](C)CCN(C(=O)C(Cc1ccccc1)NNC[C@@H](N)CS)C(CCSC)C(=O)O. The number of nitrogens with two attached hydrogens (primary N) is 1. The number of nitrogens with zero attached hydrogens (tertiary/aromatic N) is 1. The molecule has 0 aliphatic carbocycles. The van der Waals surface area contributed by atoms with Crippen LogP contribution in [0.25, 0.3) is 0 Å². The zero-order chi connectivity index (χ0) is 23.9. The highest BCUT2D eigenvalue weighted by Gasteiger charge is 2.33. The van der Waals surface area contributed by atoms with Crippen molar-refractivity contribution in [1.82, 2.24) is 15.8 Å². The number of benzene rings is 1. The van der Waals surface area contributed by atoms with Gasteiger partial charge in [0.15, 0.2) is 0 Å². The van der Waals surface area contributed by atoms with E-state index in [1.807, 2.05) is 36.6 Å². The quantitative estimate of drug-likeness (QED) is 0.171.